The molecule has 1 aromatic heterocycles. The molecule has 0 aliphatic carbocycles. The fourth-order valence-electron chi connectivity index (χ4n) is 1.51. The van der Waals surface area contributed by atoms with E-state index in [1.165, 1.54) is 0 Å². The molecular weight excluding hydrogens is 302 g/mol. The highest BCUT2D eigenvalue weighted by atomic mass is 32.2. The number of methoxy groups -OCH3 is 1. The minimum absolute atomic E-state index is 0.00157. The molecule has 0 spiro atoms. The SMILES string of the molecule is COc1ccc(-c2nnc(S(=O)CCC=C(F)F)o2)cc1. The number of benzene rings is 1. The van der Waals surface area contributed by atoms with Gasteiger partial charge in [0.25, 0.3) is 6.08 Å². The summed E-state index contributed by atoms with van der Waals surface area (Å²) in [5.41, 5.74) is 0.654. The molecule has 1 unspecified atom stereocenters. The summed E-state index contributed by atoms with van der Waals surface area (Å²) in [4.78, 5) is 0. The molecule has 0 bridgehead atoms. The van der Waals surface area contributed by atoms with Crippen molar-refractivity contribution in [3.8, 4) is 17.2 Å². The summed E-state index contributed by atoms with van der Waals surface area (Å²) in [7, 11) is -0.0484. The van der Waals surface area contributed by atoms with Gasteiger partial charge in [-0.15, -0.1) is 5.10 Å². The van der Waals surface area contributed by atoms with Gasteiger partial charge in [-0.1, -0.05) is 5.10 Å². The minimum Gasteiger partial charge on any atom is -0.497 e. The van der Waals surface area contributed by atoms with E-state index in [1.807, 2.05) is 0 Å². The predicted molar refractivity (Wildman–Crippen MR) is 72.5 cm³/mol. The zero-order valence-corrected chi connectivity index (χ0v) is 11.9. The molecule has 0 aliphatic heterocycles. The van der Waals surface area contributed by atoms with Crippen LogP contribution in [-0.4, -0.2) is 27.3 Å². The monoisotopic (exact) mass is 314 g/mol. The second-order valence-electron chi connectivity index (χ2n) is 3.93. The first kappa shape index (κ1) is 15.3. The van der Waals surface area contributed by atoms with Gasteiger partial charge in [0.1, 0.15) is 16.5 Å². The summed E-state index contributed by atoms with van der Waals surface area (Å²) in [6.07, 6.45) is -1.11. The van der Waals surface area contributed by atoms with E-state index in [4.69, 9.17) is 9.15 Å². The van der Waals surface area contributed by atoms with Crippen LogP contribution >= 0.6 is 0 Å². The van der Waals surface area contributed by atoms with Crippen molar-refractivity contribution in [2.75, 3.05) is 12.9 Å². The average molecular weight is 314 g/mol. The molecule has 1 heterocycles. The summed E-state index contributed by atoms with van der Waals surface area (Å²) in [5.74, 6) is 0.900. The molecular formula is C13H12F2N2O3S. The number of halogens is 2. The molecule has 0 N–H and O–H groups in total. The first-order valence-electron chi connectivity index (χ1n) is 5.97. The number of allylic oxidation sites excluding steroid dienone is 1. The van der Waals surface area contributed by atoms with Crippen LogP contribution in [0.1, 0.15) is 6.42 Å². The van der Waals surface area contributed by atoms with E-state index in [2.05, 4.69) is 10.2 Å². The van der Waals surface area contributed by atoms with Gasteiger partial charge in [0, 0.05) is 11.3 Å². The predicted octanol–water partition coefficient (Wildman–Crippen LogP) is 3.02. The number of aromatic nitrogens is 2. The van der Waals surface area contributed by atoms with E-state index in [1.54, 1.807) is 31.4 Å². The number of rotatable bonds is 6. The van der Waals surface area contributed by atoms with Crippen LogP contribution in [0.15, 0.2) is 46.1 Å². The van der Waals surface area contributed by atoms with Crippen LogP contribution in [0, 0.1) is 0 Å². The number of ether oxygens (including phenoxy) is 1. The molecule has 5 nitrogen and oxygen atoms in total. The Bertz CT molecular complexity index is 652. The van der Waals surface area contributed by atoms with Crippen LogP contribution in [0.3, 0.4) is 0 Å². The van der Waals surface area contributed by atoms with Gasteiger partial charge in [0.05, 0.1) is 7.11 Å². The summed E-state index contributed by atoms with van der Waals surface area (Å²) in [6.45, 7) is 0. The highest BCUT2D eigenvalue weighted by molar-refractivity contribution is 7.84. The van der Waals surface area contributed by atoms with Crippen LogP contribution in [0.4, 0.5) is 8.78 Å². The molecule has 0 amide bonds. The van der Waals surface area contributed by atoms with Crippen molar-refractivity contribution in [1.29, 1.82) is 0 Å². The Morgan fingerprint density at radius 1 is 1.33 bits per heavy atom. The van der Waals surface area contributed by atoms with Gasteiger partial charge in [0.15, 0.2) is 0 Å². The fourth-order valence-corrected chi connectivity index (χ4v) is 2.32. The highest BCUT2D eigenvalue weighted by Crippen LogP contribution is 2.22. The zero-order valence-electron chi connectivity index (χ0n) is 11.1. The zero-order chi connectivity index (χ0) is 15.2. The molecule has 0 saturated carbocycles. The van der Waals surface area contributed by atoms with E-state index in [0.29, 0.717) is 17.4 Å². The van der Waals surface area contributed by atoms with Crippen LogP contribution in [0.25, 0.3) is 11.5 Å². The van der Waals surface area contributed by atoms with Gasteiger partial charge in [-0.2, -0.15) is 8.78 Å². The summed E-state index contributed by atoms with van der Waals surface area (Å²) in [5, 5.41) is 7.39. The molecule has 21 heavy (non-hydrogen) atoms. The average Bonchev–Trinajstić information content (AvgIpc) is 2.97. The lowest BCUT2D eigenvalue weighted by molar-refractivity contribution is 0.414. The Kier molecular flexibility index (Phi) is 5.15. The van der Waals surface area contributed by atoms with E-state index in [-0.39, 0.29) is 23.3 Å². The molecule has 0 radical (unpaired) electrons. The Hall–Kier alpha value is -2.09. The summed E-state index contributed by atoms with van der Waals surface area (Å²) < 4.78 is 45.9. The van der Waals surface area contributed by atoms with Gasteiger partial charge < -0.3 is 9.15 Å². The maximum atomic E-state index is 11.9. The van der Waals surface area contributed by atoms with Gasteiger partial charge in [-0.3, -0.25) is 0 Å². The molecule has 1 aromatic carbocycles. The Balaban J connectivity index is 2.06. The van der Waals surface area contributed by atoms with Crippen molar-refractivity contribution in [3.63, 3.8) is 0 Å². The van der Waals surface area contributed by atoms with Crippen molar-refractivity contribution in [2.24, 2.45) is 0 Å². The maximum Gasteiger partial charge on any atom is 0.307 e. The van der Waals surface area contributed by atoms with Crippen molar-refractivity contribution in [1.82, 2.24) is 10.2 Å². The molecule has 0 saturated heterocycles. The third-order valence-corrected chi connectivity index (χ3v) is 3.70. The third kappa shape index (κ3) is 4.19. The maximum absolute atomic E-state index is 11.9. The Labute approximate surface area is 122 Å². The fraction of sp³-hybridized carbons (Fsp3) is 0.231. The van der Waals surface area contributed by atoms with Crippen LogP contribution < -0.4 is 4.74 Å². The van der Waals surface area contributed by atoms with Gasteiger partial charge in [-0.05, 0) is 36.8 Å². The Morgan fingerprint density at radius 2 is 2.05 bits per heavy atom. The lowest BCUT2D eigenvalue weighted by atomic mass is 10.2. The van der Waals surface area contributed by atoms with E-state index in [9.17, 15) is 13.0 Å². The Morgan fingerprint density at radius 3 is 2.67 bits per heavy atom. The molecule has 2 aromatic rings. The summed E-state index contributed by atoms with van der Waals surface area (Å²) in [6, 6.07) is 6.90. The first-order valence-corrected chi connectivity index (χ1v) is 7.29. The lowest BCUT2D eigenvalue weighted by Crippen LogP contribution is -1.97. The number of hydrogen-bond acceptors (Lipinski definition) is 5. The molecule has 2 rings (SSSR count). The molecule has 0 aliphatic rings. The normalized spacial score (nSPS) is 12.0. The second-order valence-corrected chi connectivity index (χ2v) is 5.38. The topological polar surface area (TPSA) is 65.2 Å². The van der Waals surface area contributed by atoms with E-state index in [0.717, 1.165) is 0 Å². The van der Waals surface area contributed by atoms with Gasteiger partial charge in [0.2, 0.25) is 5.89 Å². The van der Waals surface area contributed by atoms with Crippen molar-refractivity contribution in [2.45, 2.75) is 11.6 Å². The van der Waals surface area contributed by atoms with Crippen molar-refractivity contribution >= 4 is 10.8 Å². The summed E-state index contributed by atoms with van der Waals surface area (Å²) >= 11 is 0. The lowest BCUT2D eigenvalue weighted by Gasteiger charge is -1.99. The molecule has 8 heteroatoms. The molecule has 1 atom stereocenters. The second kappa shape index (κ2) is 7.07. The van der Waals surface area contributed by atoms with Gasteiger partial charge >= 0.3 is 5.22 Å². The smallest absolute Gasteiger partial charge is 0.307 e. The highest BCUT2D eigenvalue weighted by Gasteiger charge is 2.14. The molecule has 112 valence electrons. The standard InChI is InChI=1S/C13H12F2N2O3S/c1-19-10-6-4-9(5-7-10)12-16-17-13(20-12)21(18)8-2-3-11(14)15/h3-7H,2,8H2,1H3. The van der Waals surface area contributed by atoms with E-state index >= 15 is 0 Å². The van der Waals surface area contributed by atoms with Crippen LogP contribution in [0.5, 0.6) is 5.75 Å². The van der Waals surface area contributed by atoms with Gasteiger partial charge in [-0.25, -0.2) is 4.21 Å². The van der Waals surface area contributed by atoms with Crippen LogP contribution in [0.2, 0.25) is 0 Å². The third-order valence-electron chi connectivity index (χ3n) is 2.54. The van der Waals surface area contributed by atoms with Crippen molar-refractivity contribution < 1.29 is 22.1 Å². The van der Waals surface area contributed by atoms with Crippen molar-refractivity contribution in [3.05, 3.63) is 36.4 Å². The quantitative estimate of drug-likeness (QED) is 0.820. The van der Waals surface area contributed by atoms with E-state index < -0.39 is 16.9 Å². The van der Waals surface area contributed by atoms with Crippen LogP contribution in [-0.2, 0) is 10.8 Å². The number of nitrogens with zero attached hydrogens (tertiary/aromatic N) is 2. The largest absolute Gasteiger partial charge is 0.497 e. The molecule has 0 fully saturated rings. The number of hydrogen-bond donors (Lipinski definition) is 0. The minimum atomic E-state index is -1.79. The first-order chi connectivity index (χ1) is 10.1.